The number of rotatable bonds is 5. The van der Waals surface area contributed by atoms with Crippen molar-refractivity contribution in [3.63, 3.8) is 0 Å². The number of amides is 1. The minimum absolute atomic E-state index is 0.0783. The summed E-state index contributed by atoms with van der Waals surface area (Å²) in [5.74, 6) is 1.64. The van der Waals surface area contributed by atoms with Gasteiger partial charge in [-0.15, -0.1) is 10.2 Å². The summed E-state index contributed by atoms with van der Waals surface area (Å²) in [4.78, 5) is 11.7. The van der Waals surface area contributed by atoms with Crippen molar-refractivity contribution in [3.8, 4) is 0 Å². The van der Waals surface area contributed by atoms with Gasteiger partial charge in [-0.25, -0.2) is 0 Å². The van der Waals surface area contributed by atoms with Crippen molar-refractivity contribution in [3.05, 3.63) is 12.2 Å². The highest BCUT2D eigenvalue weighted by Gasteiger charge is 2.42. The van der Waals surface area contributed by atoms with E-state index in [0.29, 0.717) is 13.0 Å². The Hall–Kier alpha value is -1.04. The number of nitrogens with one attached hydrogen (secondary N) is 1. The highest BCUT2D eigenvalue weighted by atomic mass is 32.1. The molecule has 1 aromatic rings. The van der Waals surface area contributed by atoms with Crippen LogP contribution in [0, 0.1) is 5.41 Å². The molecule has 0 aromatic carbocycles. The Kier molecular flexibility index (Phi) is 3.18. The summed E-state index contributed by atoms with van der Waals surface area (Å²) in [6, 6.07) is 0. The number of aryl methyl sites for hydroxylation is 1. The van der Waals surface area contributed by atoms with Gasteiger partial charge in [-0.05, 0) is 24.0 Å². The largest absolute Gasteiger partial charge is 0.349 e. The van der Waals surface area contributed by atoms with E-state index in [2.05, 4.69) is 28.1 Å². The maximum Gasteiger partial charge on any atom is 0.220 e. The van der Waals surface area contributed by atoms with Gasteiger partial charge in [0, 0.05) is 13.5 Å². The topological polar surface area (TPSA) is 59.8 Å². The van der Waals surface area contributed by atoms with Gasteiger partial charge in [-0.1, -0.05) is 0 Å². The van der Waals surface area contributed by atoms with Crippen LogP contribution in [-0.2, 0) is 18.4 Å². The first-order valence-corrected chi connectivity index (χ1v) is 5.99. The summed E-state index contributed by atoms with van der Waals surface area (Å²) >= 11 is 4.28. The molecule has 0 radical (unpaired) electrons. The van der Waals surface area contributed by atoms with Crippen molar-refractivity contribution in [2.24, 2.45) is 12.5 Å². The van der Waals surface area contributed by atoms with Crippen molar-refractivity contribution < 1.29 is 4.79 Å². The first-order chi connectivity index (χ1) is 7.65. The molecule has 0 atom stereocenters. The monoisotopic (exact) mass is 240 g/mol. The maximum atomic E-state index is 11.7. The summed E-state index contributed by atoms with van der Waals surface area (Å²) in [6.45, 7) is 0.442. The van der Waals surface area contributed by atoms with Crippen LogP contribution in [0.15, 0.2) is 6.33 Å². The van der Waals surface area contributed by atoms with E-state index >= 15 is 0 Å². The molecule has 1 N–H and O–H groups in total. The molecule has 1 amide bonds. The summed E-state index contributed by atoms with van der Waals surface area (Å²) < 4.78 is 1.80. The van der Waals surface area contributed by atoms with E-state index in [4.69, 9.17) is 0 Å². The average Bonchev–Trinajstić information content (AvgIpc) is 2.92. The summed E-state index contributed by atoms with van der Waals surface area (Å²) in [5.41, 5.74) is 0.174. The van der Waals surface area contributed by atoms with Crippen molar-refractivity contribution in [2.75, 3.05) is 5.75 Å². The van der Waals surface area contributed by atoms with Gasteiger partial charge in [-0.3, -0.25) is 4.79 Å². The van der Waals surface area contributed by atoms with Crippen LogP contribution in [-0.4, -0.2) is 26.4 Å². The Labute approximate surface area is 100 Å². The van der Waals surface area contributed by atoms with Crippen LogP contribution >= 0.6 is 12.6 Å². The van der Waals surface area contributed by atoms with Crippen LogP contribution in [0.1, 0.15) is 25.1 Å². The quantitative estimate of drug-likeness (QED) is 0.738. The number of carbonyl (C=O) groups is 1. The number of thiol groups is 1. The number of hydrogen-bond acceptors (Lipinski definition) is 4. The molecule has 1 aliphatic rings. The molecule has 0 saturated heterocycles. The molecule has 0 bridgehead atoms. The zero-order valence-corrected chi connectivity index (χ0v) is 10.2. The molecule has 16 heavy (non-hydrogen) atoms. The first-order valence-electron chi connectivity index (χ1n) is 5.36. The molecular weight excluding hydrogens is 224 g/mol. The maximum absolute atomic E-state index is 11.7. The van der Waals surface area contributed by atoms with E-state index in [1.54, 1.807) is 10.9 Å². The smallest absolute Gasteiger partial charge is 0.220 e. The summed E-state index contributed by atoms with van der Waals surface area (Å²) in [5, 5.41) is 10.5. The SMILES string of the molecule is Cn1cnnc1CNC(=O)CC1(CS)CC1. The molecule has 88 valence electrons. The Balaban J connectivity index is 1.78. The molecule has 0 spiro atoms. The third-order valence-corrected chi connectivity index (χ3v) is 3.75. The second kappa shape index (κ2) is 4.45. The highest BCUT2D eigenvalue weighted by Crippen LogP contribution is 2.49. The number of aromatic nitrogens is 3. The summed E-state index contributed by atoms with van der Waals surface area (Å²) in [7, 11) is 1.86. The van der Waals surface area contributed by atoms with Gasteiger partial charge in [0.1, 0.15) is 6.33 Å². The van der Waals surface area contributed by atoms with Gasteiger partial charge in [0.2, 0.25) is 5.91 Å². The Morgan fingerprint density at radius 1 is 1.69 bits per heavy atom. The Bertz CT molecular complexity index is 386. The molecule has 1 aromatic heterocycles. The highest BCUT2D eigenvalue weighted by molar-refractivity contribution is 7.80. The predicted octanol–water partition coefficient (Wildman–Crippen LogP) is 0.531. The fourth-order valence-electron chi connectivity index (χ4n) is 1.62. The normalized spacial score (nSPS) is 17.1. The third kappa shape index (κ3) is 2.55. The van der Waals surface area contributed by atoms with Gasteiger partial charge in [0.25, 0.3) is 0 Å². The van der Waals surface area contributed by atoms with Crippen molar-refractivity contribution in [2.45, 2.75) is 25.8 Å². The van der Waals surface area contributed by atoms with Crippen molar-refractivity contribution in [1.29, 1.82) is 0 Å². The summed E-state index contributed by atoms with van der Waals surface area (Å²) in [6.07, 6.45) is 4.44. The van der Waals surface area contributed by atoms with Crippen LogP contribution in [0.2, 0.25) is 0 Å². The third-order valence-electron chi connectivity index (χ3n) is 3.08. The molecule has 1 aliphatic carbocycles. The van der Waals surface area contributed by atoms with E-state index in [0.717, 1.165) is 24.4 Å². The lowest BCUT2D eigenvalue weighted by Gasteiger charge is -2.11. The zero-order chi connectivity index (χ0) is 11.6. The number of nitrogens with zero attached hydrogens (tertiary/aromatic N) is 3. The predicted molar refractivity (Wildman–Crippen MR) is 63.0 cm³/mol. The second-order valence-corrected chi connectivity index (χ2v) is 4.79. The Morgan fingerprint density at radius 2 is 2.44 bits per heavy atom. The fraction of sp³-hybridized carbons (Fsp3) is 0.700. The molecule has 0 unspecified atom stereocenters. The van der Waals surface area contributed by atoms with E-state index in [1.165, 1.54) is 0 Å². The molecule has 1 heterocycles. The van der Waals surface area contributed by atoms with Crippen LogP contribution in [0.25, 0.3) is 0 Å². The zero-order valence-electron chi connectivity index (χ0n) is 9.31. The Morgan fingerprint density at radius 3 is 2.94 bits per heavy atom. The molecule has 2 rings (SSSR count). The van der Waals surface area contributed by atoms with Crippen LogP contribution in [0.3, 0.4) is 0 Å². The molecule has 0 aliphatic heterocycles. The van der Waals surface area contributed by atoms with Crippen LogP contribution in [0.5, 0.6) is 0 Å². The second-order valence-electron chi connectivity index (χ2n) is 4.47. The molecule has 6 heteroatoms. The van der Waals surface area contributed by atoms with E-state index in [1.807, 2.05) is 7.05 Å². The lowest BCUT2D eigenvalue weighted by molar-refractivity contribution is -0.122. The first kappa shape index (κ1) is 11.4. The van der Waals surface area contributed by atoms with E-state index in [9.17, 15) is 4.79 Å². The van der Waals surface area contributed by atoms with Gasteiger partial charge >= 0.3 is 0 Å². The van der Waals surface area contributed by atoms with Crippen LogP contribution < -0.4 is 5.32 Å². The molecule has 1 saturated carbocycles. The number of carbonyl (C=O) groups excluding carboxylic acids is 1. The average molecular weight is 240 g/mol. The molecule has 1 fully saturated rings. The number of hydrogen-bond donors (Lipinski definition) is 2. The van der Waals surface area contributed by atoms with Gasteiger partial charge < -0.3 is 9.88 Å². The van der Waals surface area contributed by atoms with Gasteiger partial charge in [-0.2, -0.15) is 12.6 Å². The van der Waals surface area contributed by atoms with E-state index in [-0.39, 0.29) is 11.3 Å². The van der Waals surface area contributed by atoms with Crippen LogP contribution in [0.4, 0.5) is 0 Å². The fourth-order valence-corrected chi connectivity index (χ4v) is 2.04. The standard InChI is InChI=1S/C10H16N4OS/c1-14-7-12-13-8(14)5-11-9(15)4-10(6-16)2-3-10/h7,16H,2-6H2,1H3,(H,11,15). The van der Waals surface area contributed by atoms with Crippen molar-refractivity contribution >= 4 is 18.5 Å². The molecule has 5 nitrogen and oxygen atoms in total. The lowest BCUT2D eigenvalue weighted by atomic mass is 10.1. The van der Waals surface area contributed by atoms with Gasteiger partial charge in [0.15, 0.2) is 5.82 Å². The van der Waals surface area contributed by atoms with Gasteiger partial charge in [0.05, 0.1) is 6.54 Å². The van der Waals surface area contributed by atoms with Crippen molar-refractivity contribution in [1.82, 2.24) is 20.1 Å². The minimum Gasteiger partial charge on any atom is -0.349 e. The minimum atomic E-state index is 0.0783. The molecular formula is C10H16N4OS. The lowest BCUT2D eigenvalue weighted by Crippen LogP contribution is -2.27. The van der Waals surface area contributed by atoms with E-state index < -0.39 is 0 Å².